The maximum absolute atomic E-state index is 13.1. The number of carbonyl (C=O) groups is 2. The van der Waals surface area contributed by atoms with Crippen LogP contribution in [0.4, 0.5) is 0 Å². The molecule has 3 N–H and O–H groups in total. The molecule has 3 rings (SSSR count). The largest absolute Gasteiger partial charge is 0.480 e. The van der Waals surface area contributed by atoms with Gasteiger partial charge in [-0.25, -0.2) is 4.79 Å². The van der Waals surface area contributed by atoms with Crippen molar-refractivity contribution in [1.82, 2.24) is 10.6 Å². The third kappa shape index (κ3) is 5.19. The summed E-state index contributed by atoms with van der Waals surface area (Å²) in [6, 6.07) is 27.9. The van der Waals surface area contributed by atoms with E-state index in [-0.39, 0.29) is 18.9 Å². The number of carboxylic acid groups (broad SMARTS) is 1. The molecule has 0 saturated carbocycles. The van der Waals surface area contributed by atoms with Crippen LogP contribution in [0.25, 0.3) is 0 Å². The molecule has 1 amide bonds. The first-order valence-electron chi connectivity index (χ1n) is 10.2. The monoisotopic (exact) mass is 428 g/mol. The number of hydrogen-bond donors (Lipinski definition) is 3. The molecule has 0 unspecified atom stereocenters. The maximum atomic E-state index is 13.1. The van der Waals surface area contributed by atoms with Crippen molar-refractivity contribution in [2.45, 2.75) is 18.0 Å². The van der Waals surface area contributed by atoms with E-state index in [1.54, 1.807) is 0 Å². The average molecular weight is 428 g/mol. The summed E-state index contributed by atoms with van der Waals surface area (Å²) in [4.78, 5) is 34.8. The second kappa shape index (κ2) is 10.9. The van der Waals surface area contributed by atoms with E-state index in [0.717, 1.165) is 22.8 Å². The Balaban J connectivity index is 1.95. The SMILES string of the molecule is O=C=C[C@H](NCCC(=O)NC(c1ccccc1)(c1ccccc1)c1ccccc1)C(=O)O. The number of carboxylic acids is 1. The molecule has 0 aliphatic carbocycles. The van der Waals surface area contributed by atoms with Gasteiger partial charge in [0.1, 0.15) is 17.5 Å². The zero-order valence-corrected chi connectivity index (χ0v) is 17.4. The Bertz CT molecular complexity index is 980. The number of carbonyl (C=O) groups excluding carboxylic acids is 2. The lowest BCUT2D eigenvalue weighted by atomic mass is 9.77. The summed E-state index contributed by atoms with van der Waals surface area (Å²) in [7, 11) is 0. The van der Waals surface area contributed by atoms with E-state index in [1.165, 1.54) is 5.94 Å². The quantitative estimate of drug-likeness (QED) is 0.341. The molecule has 3 aromatic carbocycles. The van der Waals surface area contributed by atoms with Crippen molar-refractivity contribution in [3.05, 3.63) is 114 Å². The van der Waals surface area contributed by atoms with Crippen molar-refractivity contribution in [3.8, 4) is 0 Å². The van der Waals surface area contributed by atoms with Crippen LogP contribution in [-0.4, -0.2) is 35.5 Å². The first-order chi connectivity index (χ1) is 15.6. The Morgan fingerprint density at radius 3 is 1.66 bits per heavy atom. The standard InChI is InChI=1S/C26H24N2O4/c29-19-17-23(25(31)32)27-18-16-24(30)28-26(20-10-4-1-5-11-20,21-12-6-2-7-13-21)22-14-8-3-9-15-22/h1-15,17,23,27H,16,18H2,(H,28,30)(H,31,32)/t23-/m0/s1. The van der Waals surface area contributed by atoms with Crippen molar-refractivity contribution in [2.24, 2.45) is 0 Å². The zero-order valence-electron chi connectivity index (χ0n) is 17.4. The maximum Gasteiger partial charge on any atom is 0.325 e. The Labute approximate surface area is 186 Å². The second-order valence-electron chi connectivity index (χ2n) is 7.20. The van der Waals surface area contributed by atoms with E-state index in [1.807, 2.05) is 91.0 Å². The highest BCUT2D eigenvalue weighted by Crippen LogP contribution is 2.36. The molecule has 0 spiro atoms. The smallest absolute Gasteiger partial charge is 0.325 e. The molecule has 6 heteroatoms. The molecule has 0 aliphatic rings. The van der Waals surface area contributed by atoms with Crippen LogP contribution in [0.1, 0.15) is 23.1 Å². The van der Waals surface area contributed by atoms with Crippen LogP contribution >= 0.6 is 0 Å². The van der Waals surface area contributed by atoms with E-state index in [0.29, 0.717) is 0 Å². The number of amides is 1. The van der Waals surface area contributed by atoms with Gasteiger partial charge in [0.25, 0.3) is 0 Å². The summed E-state index contributed by atoms with van der Waals surface area (Å²) in [6.45, 7) is 0.0788. The fraction of sp³-hybridized carbons (Fsp3) is 0.154. The number of hydrogen-bond acceptors (Lipinski definition) is 4. The van der Waals surface area contributed by atoms with E-state index >= 15 is 0 Å². The summed E-state index contributed by atoms with van der Waals surface area (Å²) in [5, 5.41) is 15.0. The number of benzene rings is 3. The molecular formula is C26H24N2O4. The molecule has 0 aromatic heterocycles. The van der Waals surface area contributed by atoms with Crippen molar-refractivity contribution in [1.29, 1.82) is 0 Å². The molecule has 0 radical (unpaired) electrons. The Kier molecular flexibility index (Phi) is 7.70. The summed E-state index contributed by atoms with van der Waals surface area (Å²) in [6.07, 6.45) is 0.896. The summed E-state index contributed by atoms with van der Waals surface area (Å²) < 4.78 is 0. The van der Waals surface area contributed by atoms with Gasteiger partial charge in [0.05, 0.1) is 0 Å². The Morgan fingerprint density at radius 1 is 0.844 bits per heavy atom. The van der Waals surface area contributed by atoms with Gasteiger partial charge in [-0.1, -0.05) is 91.0 Å². The van der Waals surface area contributed by atoms with Crippen molar-refractivity contribution < 1.29 is 19.5 Å². The highest BCUT2D eigenvalue weighted by Gasteiger charge is 2.37. The van der Waals surface area contributed by atoms with Gasteiger partial charge >= 0.3 is 5.97 Å². The highest BCUT2D eigenvalue weighted by atomic mass is 16.4. The highest BCUT2D eigenvalue weighted by molar-refractivity contribution is 5.80. The molecule has 162 valence electrons. The van der Waals surface area contributed by atoms with Gasteiger partial charge in [-0.3, -0.25) is 9.59 Å². The van der Waals surface area contributed by atoms with Gasteiger partial charge in [0.2, 0.25) is 5.91 Å². The molecule has 32 heavy (non-hydrogen) atoms. The molecule has 0 heterocycles. The Hall–Kier alpha value is -3.99. The van der Waals surface area contributed by atoms with Crippen molar-refractivity contribution in [3.63, 3.8) is 0 Å². The van der Waals surface area contributed by atoms with Crippen molar-refractivity contribution >= 4 is 17.8 Å². The molecular weight excluding hydrogens is 404 g/mol. The average Bonchev–Trinajstić information content (AvgIpc) is 2.83. The van der Waals surface area contributed by atoms with Crippen molar-refractivity contribution in [2.75, 3.05) is 6.54 Å². The van der Waals surface area contributed by atoms with Crippen LogP contribution in [0, 0.1) is 0 Å². The molecule has 1 atom stereocenters. The first-order valence-corrected chi connectivity index (χ1v) is 10.2. The third-order valence-corrected chi connectivity index (χ3v) is 5.16. The van der Waals surface area contributed by atoms with Crippen LogP contribution in [0.15, 0.2) is 97.1 Å². The van der Waals surface area contributed by atoms with Gasteiger partial charge < -0.3 is 15.7 Å². The Morgan fingerprint density at radius 2 is 1.28 bits per heavy atom. The predicted molar refractivity (Wildman–Crippen MR) is 122 cm³/mol. The fourth-order valence-electron chi connectivity index (χ4n) is 3.68. The summed E-state index contributed by atoms with van der Waals surface area (Å²) in [5.41, 5.74) is 1.75. The number of nitrogens with one attached hydrogen (secondary N) is 2. The minimum atomic E-state index is -1.21. The first kappa shape index (κ1) is 22.7. The second-order valence-corrected chi connectivity index (χ2v) is 7.20. The van der Waals surface area contributed by atoms with Crippen LogP contribution in [0.3, 0.4) is 0 Å². The summed E-state index contributed by atoms with van der Waals surface area (Å²) in [5.74, 6) is -0.00643. The molecule has 6 nitrogen and oxygen atoms in total. The minimum absolute atomic E-state index is 0.0186. The molecule has 0 bridgehead atoms. The van der Waals surface area contributed by atoms with Crippen LogP contribution in [0.2, 0.25) is 0 Å². The third-order valence-electron chi connectivity index (χ3n) is 5.16. The minimum Gasteiger partial charge on any atom is -0.480 e. The zero-order chi connectivity index (χ0) is 22.8. The van der Waals surface area contributed by atoms with Gasteiger partial charge in [-0.15, -0.1) is 0 Å². The van der Waals surface area contributed by atoms with Gasteiger partial charge in [-0.05, 0) is 16.7 Å². The van der Waals surface area contributed by atoms with Gasteiger partial charge in [-0.2, -0.15) is 0 Å². The lowest BCUT2D eigenvalue weighted by Gasteiger charge is -2.37. The predicted octanol–water partition coefficient (Wildman–Crippen LogP) is 2.92. The topological polar surface area (TPSA) is 95.5 Å². The van der Waals surface area contributed by atoms with E-state index in [2.05, 4.69) is 10.6 Å². The molecule has 0 aliphatic heterocycles. The molecule has 3 aromatic rings. The number of rotatable bonds is 10. The summed E-state index contributed by atoms with van der Waals surface area (Å²) >= 11 is 0. The van der Waals surface area contributed by atoms with Crippen LogP contribution < -0.4 is 10.6 Å². The van der Waals surface area contributed by atoms with E-state index in [4.69, 9.17) is 5.11 Å². The molecule has 0 fully saturated rings. The van der Waals surface area contributed by atoms with Gasteiger partial charge in [0.15, 0.2) is 0 Å². The van der Waals surface area contributed by atoms with Crippen LogP contribution in [-0.2, 0) is 19.9 Å². The van der Waals surface area contributed by atoms with Gasteiger partial charge in [0, 0.05) is 19.0 Å². The number of aliphatic carboxylic acids is 1. The van der Waals surface area contributed by atoms with E-state index in [9.17, 15) is 14.4 Å². The fourth-order valence-corrected chi connectivity index (χ4v) is 3.68. The van der Waals surface area contributed by atoms with Crippen LogP contribution in [0.5, 0.6) is 0 Å². The lowest BCUT2D eigenvalue weighted by Crippen LogP contribution is -2.48. The lowest BCUT2D eigenvalue weighted by molar-refractivity contribution is -0.138. The van der Waals surface area contributed by atoms with E-state index < -0.39 is 17.6 Å². The normalized spacial score (nSPS) is 11.8. The molecule has 0 saturated heterocycles.